The number of hydrogen-bond donors (Lipinski definition) is 0. The summed E-state index contributed by atoms with van der Waals surface area (Å²) in [5.41, 5.74) is 15.3. The van der Waals surface area contributed by atoms with Crippen LogP contribution >= 0.6 is 0 Å². The Kier molecular flexibility index (Phi) is 5.63. The lowest BCUT2D eigenvalue weighted by Gasteiger charge is -2.25. The predicted molar refractivity (Wildman–Crippen MR) is 151 cm³/mol. The molecule has 0 bridgehead atoms. The fraction of sp³-hybridized carbons (Fsp3) is 0.343. The average Bonchev–Trinajstić information content (AvgIpc) is 3.10. The van der Waals surface area contributed by atoms with E-state index in [9.17, 15) is 0 Å². The molecule has 0 aliphatic heterocycles. The third-order valence-electron chi connectivity index (χ3n) is 8.91. The molecule has 1 heteroatoms. The zero-order chi connectivity index (χ0) is 25.0. The molecular weight excluding hydrogens is 434 g/mol. The number of aryl methyl sites for hydroxylation is 3. The molecule has 6 rings (SSSR count). The van der Waals surface area contributed by atoms with Crippen molar-refractivity contribution in [2.75, 3.05) is 0 Å². The molecule has 1 fully saturated rings. The Balaban J connectivity index is 1.55. The fourth-order valence-electron chi connectivity index (χ4n) is 6.81. The smallest absolute Gasteiger partial charge is 0.201 e. The number of nitrogens with zero attached hydrogens (tertiary/aromatic N) is 1. The highest BCUT2D eigenvalue weighted by Crippen LogP contribution is 2.50. The van der Waals surface area contributed by atoms with Gasteiger partial charge in [-0.3, -0.25) is 0 Å². The maximum atomic E-state index is 2.51. The van der Waals surface area contributed by atoms with Gasteiger partial charge in [-0.15, -0.1) is 0 Å². The van der Waals surface area contributed by atoms with Crippen molar-refractivity contribution in [3.63, 3.8) is 0 Å². The van der Waals surface area contributed by atoms with Gasteiger partial charge in [-0.2, -0.15) is 0 Å². The van der Waals surface area contributed by atoms with Gasteiger partial charge in [0.05, 0.1) is 0 Å². The minimum Gasteiger partial charge on any atom is -0.201 e. The summed E-state index contributed by atoms with van der Waals surface area (Å²) < 4.78 is 2.37. The maximum Gasteiger partial charge on any atom is 0.213 e. The van der Waals surface area contributed by atoms with Gasteiger partial charge in [-0.25, -0.2) is 4.57 Å². The van der Waals surface area contributed by atoms with Crippen LogP contribution in [0.1, 0.15) is 79.7 Å². The minimum atomic E-state index is 0.00991. The average molecular weight is 473 g/mol. The van der Waals surface area contributed by atoms with E-state index in [2.05, 4.69) is 112 Å². The Morgan fingerprint density at radius 3 is 2.17 bits per heavy atom. The van der Waals surface area contributed by atoms with Crippen molar-refractivity contribution in [2.24, 2.45) is 7.05 Å². The van der Waals surface area contributed by atoms with Gasteiger partial charge >= 0.3 is 0 Å². The van der Waals surface area contributed by atoms with Crippen LogP contribution in [-0.4, -0.2) is 0 Å². The van der Waals surface area contributed by atoms with Crippen LogP contribution in [0.3, 0.4) is 0 Å². The van der Waals surface area contributed by atoms with Crippen LogP contribution in [0.2, 0.25) is 0 Å². The fourth-order valence-corrected chi connectivity index (χ4v) is 6.81. The molecule has 2 aliphatic rings. The van der Waals surface area contributed by atoms with E-state index < -0.39 is 0 Å². The molecule has 0 radical (unpaired) electrons. The molecule has 1 aromatic heterocycles. The van der Waals surface area contributed by atoms with Crippen LogP contribution in [-0.2, 0) is 12.5 Å². The van der Waals surface area contributed by atoms with E-state index in [4.69, 9.17) is 0 Å². The molecule has 1 nitrogen and oxygen atoms in total. The molecule has 36 heavy (non-hydrogen) atoms. The topological polar surface area (TPSA) is 3.88 Å². The monoisotopic (exact) mass is 472 g/mol. The summed E-state index contributed by atoms with van der Waals surface area (Å²) in [6.45, 7) is 9.22. The van der Waals surface area contributed by atoms with Gasteiger partial charge in [0.2, 0.25) is 5.69 Å². The summed E-state index contributed by atoms with van der Waals surface area (Å²) in [7, 11) is 2.22. The van der Waals surface area contributed by atoms with E-state index in [0.29, 0.717) is 5.92 Å². The highest BCUT2D eigenvalue weighted by molar-refractivity contribution is 5.84. The summed E-state index contributed by atoms with van der Waals surface area (Å²) in [6.07, 6.45) is 9.13. The molecular formula is C35H38N+. The molecule has 0 saturated heterocycles. The van der Waals surface area contributed by atoms with Gasteiger partial charge in [-0.1, -0.05) is 87.2 Å². The Hall–Kier alpha value is -3.19. The van der Waals surface area contributed by atoms with E-state index in [-0.39, 0.29) is 5.41 Å². The Morgan fingerprint density at radius 2 is 1.42 bits per heavy atom. The number of hydrogen-bond acceptors (Lipinski definition) is 0. The molecule has 0 unspecified atom stereocenters. The number of rotatable bonds is 3. The quantitative estimate of drug-likeness (QED) is 0.262. The maximum absolute atomic E-state index is 2.51. The first-order valence-electron chi connectivity index (χ1n) is 13.7. The zero-order valence-electron chi connectivity index (χ0n) is 22.5. The van der Waals surface area contributed by atoms with Crippen molar-refractivity contribution < 1.29 is 4.57 Å². The summed E-state index contributed by atoms with van der Waals surface area (Å²) in [4.78, 5) is 0. The number of aromatic nitrogens is 1. The number of benzene rings is 3. The molecule has 2 aliphatic carbocycles. The lowest BCUT2D eigenvalue weighted by molar-refractivity contribution is -0.660. The second-order valence-corrected chi connectivity index (χ2v) is 11.7. The lowest BCUT2D eigenvalue weighted by Crippen LogP contribution is -2.32. The van der Waals surface area contributed by atoms with E-state index >= 15 is 0 Å². The van der Waals surface area contributed by atoms with Crippen molar-refractivity contribution in [2.45, 2.75) is 71.1 Å². The molecule has 1 heterocycles. The van der Waals surface area contributed by atoms with Gasteiger partial charge in [-0.05, 0) is 83.7 Å². The van der Waals surface area contributed by atoms with Gasteiger partial charge in [0.15, 0.2) is 6.20 Å². The normalized spacial score (nSPS) is 16.6. The largest absolute Gasteiger partial charge is 0.213 e. The van der Waals surface area contributed by atoms with Crippen molar-refractivity contribution in [3.8, 4) is 33.5 Å². The van der Waals surface area contributed by atoms with Crippen molar-refractivity contribution in [1.82, 2.24) is 0 Å². The highest BCUT2D eigenvalue weighted by atomic mass is 14.9. The van der Waals surface area contributed by atoms with Crippen molar-refractivity contribution in [1.29, 1.82) is 0 Å². The first-order valence-corrected chi connectivity index (χ1v) is 13.7. The van der Waals surface area contributed by atoms with Crippen molar-refractivity contribution >= 4 is 0 Å². The molecule has 4 aromatic rings. The molecule has 3 aromatic carbocycles. The number of pyridine rings is 1. The van der Waals surface area contributed by atoms with Crippen LogP contribution in [0.5, 0.6) is 0 Å². The SMILES string of the molecule is Cc1ccc2c(c1)C(C)(C)c1cc(-c3cc(-c4ccccc4C)[n+](C)cc3C3CCCCC3)ccc1-2. The Labute approximate surface area is 216 Å². The summed E-state index contributed by atoms with van der Waals surface area (Å²) >= 11 is 0. The highest BCUT2D eigenvalue weighted by Gasteiger charge is 2.36. The summed E-state index contributed by atoms with van der Waals surface area (Å²) in [6, 6.07) is 25.5. The molecule has 0 atom stereocenters. The molecule has 0 N–H and O–H groups in total. The van der Waals surface area contributed by atoms with Crippen LogP contribution < -0.4 is 4.57 Å². The Bertz CT molecular complexity index is 1470. The van der Waals surface area contributed by atoms with Crippen molar-refractivity contribution in [3.05, 3.63) is 101 Å². The minimum absolute atomic E-state index is 0.00991. The molecule has 0 spiro atoms. The molecule has 182 valence electrons. The number of fused-ring (bicyclic) bond motifs is 3. The van der Waals surface area contributed by atoms with Gasteiger partial charge in [0.25, 0.3) is 0 Å². The van der Waals surface area contributed by atoms with E-state index in [1.807, 2.05) is 0 Å². The first-order chi connectivity index (χ1) is 17.3. The standard InChI is InChI=1S/C35H38N/c1-23-15-17-28-29-18-16-26(20-33(29)35(3,4)32(28)19-23)30-21-34(27-14-10-9-11-24(27)2)36(5)22-31(30)25-12-7-6-8-13-25/h9-11,14-22,25H,6-8,12-13H2,1-5H3/q+1. The predicted octanol–water partition coefficient (Wildman–Crippen LogP) is 8.82. The lowest BCUT2D eigenvalue weighted by atomic mass is 9.79. The first kappa shape index (κ1) is 23.2. The Morgan fingerprint density at radius 1 is 0.722 bits per heavy atom. The van der Waals surface area contributed by atoms with E-state index in [0.717, 1.165) is 0 Å². The summed E-state index contributed by atoms with van der Waals surface area (Å²) in [5.74, 6) is 0.645. The molecule has 1 saturated carbocycles. The third kappa shape index (κ3) is 3.72. The second-order valence-electron chi connectivity index (χ2n) is 11.7. The molecule has 0 amide bonds. The van der Waals surface area contributed by atoms with E-state index in [1.54, 1.807) is 0 Å². The van der Waals surface area contributed by atoms with Crippen LogP contribution in [0.15, 0.2) is 72.9 Å². The zero-order valence-corrected chi connectivity index (χ0v) is 22.5. The van der Waals surface area contributed by atoms with Gasteiger partial charge < -0.3 is 0 Å². The van der Waals surface area contributed by atoms with Crippen LogP contribution in [0.4, 0.5) is 0 Å². The van der Waals surface area contributed by atoms with Crippen LogP contribution in [0.25, 0.3) is 33.5 Å². The van der Waals surface area contributed by atoms with Crippen LogP contribution in [0, 0.1) is 13.8 Å². The second kappa shape index (κ2) is 8.73. The summed E-state index contributed by atoms with van der Waals surface area (Å²) in [5, 5.41) is 0. The van der Waals surface area contributed by atoms with E-state index in [1.165, 1.54) is 93.4 Å². The van der Waals surface area contributed by atoms with Gasteiger partial charge in [0.1, 0.15) is 7.05 Å². The third-order valence-corrected chi connectivity index (χ3v) is 8.91. The van der Waals surface area contributed by atoms with Gasteiger partial charge in [0, 0.05) is 22.6 Å².